The molecule has 0 spiro atoms. The summed E-state index contributed by atoms with van der Waals surface area (Å²) in [6, 6.07) is 5.58. The topological polar surface area (TPSA) is 175 Å². The number of benzene rings is 1. The highest BCUT2D eigenvalue weighted by Gasteiger charge is 2.58. The monoisotopic (exact) mass is 468 g/mol. The number of phenols is 1. The van der Waals surface area contributed by atoms with Gasteiger partial charge in [-0.2, -0.15) is 0 Å². The quantitative estimate of drug-likeness (QED) is 0.292. The van der Waals surface area contributed by atoms with E-state index in [0.717, 1.165) is 0 Å². The molecule has 33 heavy (non-hydrogen) atoms. The summed E-state index contributed by atoms with van der Waals surface area (Å²) in [5.74, 6) is -1.84. The van der Waals surface area contributed by atoms with Crippen LogP contribution in [0.25, 0.3) is 0 Å². The normalized spacial score (nSPS) is 42.4. The van der Waals surface area contributed by atoms with E-state index in [9.17, 15) is 35.4 Å². The Kier molecular flexibility index (Phi) is 6.65. The molecule has 2 fully saturated rings. The van der Waals surface area contributed by atoms with E-state index in [0.29, 0.717) is 0 Å². The van der Waals surface area contributed by atoms with Crippen LogP contribution in [0, 0.1) is 11.8 Å². The lowest BCUT2D eigenvalue weighted by Crippen LogP contribution is -2.60. The SMILES string of the molecule is C[C@]1(O)C[C@@H](OC(=O)c2ccc(O)cc2)[C@@H]2C=CO[C@@H](O[C@@H]3O[C@@H](CO)[C@@H](O)[C@@H](O)[C@H]3O)[C@@H]21. The van der Waals surface area contributed by atoms with Gasteiger partial charge in [0.05, 0.1) is 30.0 Å². The van der Waals surface area contributed by atoms with Gasteiger partial charge in [0.25, 0.3) is 0 Å². The number of hydrogen-bond acceptors (Lipinski definition) is 11. The Morgan fingerprint density at radius 1 is 1.12 bits per heavy atom. The number of esters is 1. The van der Waals surface area contributed by atoms with Gasteiger partial charge in [-0.3, -0.25) is 0 Å². The van der Waals surface area contributed by atoms with Crippen LogP contribution in [-0.2, 0) is 18.9 Å². The molecule has 11 heteroatoms. The summed E-state index contributed by atoms with van der Waals surface area (Å²) in [6.45, 7) is 0.931. The van der Waals surface area contributed by atoms with Crippen molar-refractivity contribution in [2.75, 3.05) is 6.61 Å². The molecule has 0 aromatic heterocycles. The third-order valence-electron chi connectivity index (χ3n) is 6.46. The van der Waals surface area contributed by atoms with Gasteiger partial charge in [-0.25, -0.2) is 4.79 Å². The summed E-state index contributed by atoms with van der Waals surface area (Å²) >= 11 is 0. The number of carbonyl (C=O) groups is 1. The fraction of sp³-hybridized carbons (Fsp3) is 0.591. The zero-order chi connectivity index (χ0) is 23.9. The lowest BCUT2D eigenvalue weighted by Gasteiger charge is -2.43. The molecule has 182 valence electrons. The summed E-state index contributed by atoms with van der Waals surface area (Å²) in [5.41, 5.74) is -1.16. The highest BCUT2D eigenvalue weighted by molar-refractivity contribution is 5.89. The molecule has 2 aliphatic heterocycles. The number of ether oxygens (including phenoxy) is 4. The number of carbonyl (C=O) groups excluding carboxylic acids is 1. The van der Waals surface area contributed by atoms with Gasteiger partial charge in [-0.05, 0) is 37.3 Å². The van der Waals surface area contributed by atoms with Crippen molar-refractivity contribution >= 4 is 5.97 Å². The zero-order valence-electron chi connectivity index (χ0n) is 17.8. The molecule has 0 unspecified atom stereocenters. The smallest absolute Gasteiger partial charge is 0.338 e. The number of aliphatic hydroxyl groups excluding tert-OH is 4. The molecule has 1 aliphatic carbocycles. The number of aromatic hydroxyl groups is 1. The van der Waals surface area contributed by atoms with Crippen molar-refractivity contribution in [3.63, 3.8) is 0 Å². The van der Waals surface area contributed by atoms with Crippen LogP contribution in [0.3, 0.4) is 0 Å². The maximum absolute atomic E-state index is 12.6. The average molecular weight is 468 g/mol. The summed E-state index contributed by atoms with van der Waals surface area (Å²) in [7, 11) is 0. The molecule has 1 aromatic carbocycles. The molecule has 10 atom stereocenters. The van der Waals surface area contributed by atoms with E-state index >= 15 is 0 Å². The van der Waals surface area contributed by atoms with E-state index in [1.165, 1.54) is 30.5 Å². The summed E-state index contributed by atoms with van der Waals surface area (Å²) < 4.78 is 22.3. The summed E-state index contributed by atoms with van der Waals surface area (Å²) in [5, 5.41) is 60.1. The molecule has 4 rings (SSSR count). The molecule has 1 saturated heterocycles. The minimum absolute atomic E-state index is 0.0101. The van der Waals surface area contributed by atoms with Gasteiger partial charge in [0.2, 0.25) is 6.29 Å². The Labute approximate surface area is 189 Å². The highest BCUT2D eigenvalue weighted by atomic mass is 16.8. The number of phenolic OH excluding ortho intramolecular Hbond substituents is 1. The average Bonchev–Trinajstić information content (AvgIpc) is 3.05. The van der Waals surface area contributed by atoms with Crippen molar-refractivity contribution in [1.29, 1.82) is 0 Å². The first kappa shape index (κ1) is 23.9. The van der Waals surface area contributed by atoms with E-state index < -0.39 is 73.1 Å². The van der Waals surface area contributed by atoms with E-state index in [4.69, 9.17) is 18.9 Å². The largest absolute Gasteiger partial charge is 0.508 e. The molecule has 6 N–H and O–H groups in total. The molecule has 0 radical (unpaired) electrons. The van der Waals surface area contributed by atoms with Crippen LogP contribution in [0.2, 0.25) is 0 Å². The molecule has 3 aliphatic rings. The first-order chi connectivity index (χ1) is 15.6. The number of rotatable bonds is 5. The Bertz CT molecular complexity index is 868. The first-order valence-electron chi connectivity index (χ1n) is 10.6. The van der Waals surface area contributed by atoms with Crippen molar-refractivity contribution in [3.8, 4) is 5.75 Å². The van der Waals surface area contributed by atoms with Crippen molar-refractivity contribution in [3.05, 3.63) is 42.2 Å². The van der Waals surface area contributed by atoms with Gasteiger partial charge in [-0.1, -0.05) is 0 Å². The third kappa shape index (κ3) is 4.58. The second kappa shape index (κ2) is 9.18. The summed E-state index contributed by atoms with van der Waals surface area (Å²) in [4.78, 5) is 12.6. The molecular weight excluding hydrogens is 440 g/mol. The van der Waals surface area contributed by atoms with E-state index in [1.54, 1.807) is 13.0 Å². The van der Waals surface area contributed by atoms with Crippen LogP contribution < -0.4 is 0 Å². The predicted octanol–water partition coefficient (Wildman–Crippen LogP) is -1.01. The molecule has 11 nitrogen and oxygen atoms in total. The van der Waals surface area contributed by atoms with Crippen LogP contribution in [0.5, 0.6) is 5.75 Å². The number of fused-ring (bicyclic) bond motifs is 1. The standard InChI is InChI=1S/C22H28O11/c1-22(29)8-13(31-19(28)10-2-4-11(24)5-3-10)12-6-7-30-20(15(12)22)33-21-18(27)17(26)16(25)14(9-23)32-21/h2-7,12-18,20-21,23-27,29H,8-9H2,1H3/t12-,13+,14-,15+,16+,17+,18+,20-,21-,22-/m0/s1. The molecule has 2 heterocycles. The molecular formula is C22H28O11. The van der Waals surface area contributed by atoms with Crippen LogP contribution >= 0.6 is 0 Å². The highest BCUT2D eigenvalue weighted by Crippen LogP contribution is 2.48. The number of aliphatic hydroxyl groups is 5. The van der Waals surface area contributed by atoms with Gasteiger partial charge in [0.15, 0.2) is 6.29 Å². The van der Waals surface area contributed by atoms with Gasteiger partial charge in [-0.15, -0.1) is 0 Å². The van der Waals surface area contributed by atoms with Gasteiger partial charge >= 0.3 is 5.97 Å². The van der Waals surface area contributed by atoms with Crippen LogP contribution in [0.15, 0.2) is 36.6 Å². The molecule has 0 amide bonds. The maximum atomic E-state index is 12.6. The Hall–Kier alpha value is -2.25. The van der Waals surface area contributed by atoms with Gasteiger partial charge < -0.3 is 49.6 Å². The van der Waals surface area contributed by atoms with E-state index in [2.05, 4.69) is 0 Å². The molecule has 1 saturated carbocycles. The Morgan fingerprint density at radius 2 is 1.82 bits per heavy atom. The third-order valence-corrected chi connectivity index (χ3v) is 6.46. The van der Waals surface area contributed by atoms with Gasteiger partial charge in [0.1, 0.15) is 36.3 Å². The predicted molar refractivity (Wildman–Crippen MR) is 108 cm³/mol. The lowest BCUT2D eigenvalue weighted by molar-refractivity contribution is -0.346. The summed E-state index contributed by atoms with van der Waals surface area (Å²) in [6.07, 6.45) is -6.21. The van der Waals surface area contributed by atoms with E-state index in [-0.39, 0.29) is 17.7 Å². The van der Waals surface area contributed by atoms with Crippen LogP contribution in [0.1, 0.15) is 23.7 Å². The first-order valence-corrected chi connectivity index (χ1v) is 10.6. The second-order valence-electron chi connectivity index (χ2n) is 8.82. The zero-order valence-corrected chi connectivity index (χ0v) is 17.8. The van der Waals surface area contributed by atoms with Gasteiger partial charge in [0, 0.05) is 12.3 Å². The van der Waals surface area contributed by atoms with Crippen molar-refractivity contribution in [2.24, 2.45) is 11.8 Å². The Balaban J connectivity index is 1.49. The maximum Gasteiger partial charge on any atom is 0.338 e. The van der Waals surface area contributed by atoms with Crippen LogP contribution in [0.4, 0.5) is 0 Å². The Morgan fingerprint density at radius 3 is 2.48 bits per heavy atom. The van der Waals surface area contributed by atoms with Crippen molar-refractivity contribution in [1.82, 2.24) is 0 Å². The van der Waals surface area contributed by atoms with Crippen molar-refractivity contribution < 1.29 is 54.4 Å². The van der Waals surface area contributed by atoms with Crippen molar-refractivity contribution in [2.45, 2.75) is 62.0 Å². The number of hydrogen-bond donors (Lipinski definition) is 6. The lowest BCUT2D eigenvalue weighted by atomic mass is 9.85. The molecule has 0 bridgehead atoms. The fourth-order valence-electron chi connectivity index (χ4n) is 4.69. The second-order valence-corrected chi connectivity index (χ2v) is 8.82. The molecule has 1 aromatic rings. The van der Waals surface area contributed by atoms with Crippen LogP contribution in [-0.4, -0.2) is 91.9 Å². The fourth-order valence-corrected chi connectivity index (χ4v) is 4.69. The van der Waals surface area contributed by atoms with E-state index in [1.807, 2.05) is 0 Å². The minimum Gasteiger partial charge on any atom is -0.508 e. The minimum atomic E-state index is -1.63.